The van der Waals surface area contributed by atoms with Crippen LogP contribution in [-0.2, 0) is 6.42 Å². The Morgan fingerprint density at radius 1 is 0.962 bits per heavy atom. The Kier molecular flexibility index (Phi) is 20.9. The highest BCUT2D eigenvalue weighted by molar-refractivity contribution is 5.45. The number of aryl methyl sites for hydroxylation is 2. The molecule has 1 heteroatoms. The quantitative estimate of drug-likeness (QED) is 0.538. The van der Waals surface area contributed by atoms with Crippen LogP contribution in [0.2, 0.25) is 0 Å². The van der Waals surface area contributed by atoms with Crippen molar-refractivity contribution in [2.24, 2.45) is 5.73 Å². The van der Waals surface area contributed by atoms with E-state index in [-0.39, 0.29) is 0 Å². The Hall–Kier alpha value is -2.28. The molecule has 0 unspecified atom stereocenters. The van der Waals surface area contributed by atoms with Gasteiger partial charge in [0.2, 0.25) is 0 Å². The minimum absolute atomic E-state index is 0.746. The molecule has 0 atom stereocenters. The van der Waals surface area contributed by atoms with Crippen molar-refractivity contribution in [1.82, 2.24) is 0 Å². The van der Waals surface area contributed by atoms with Crippen LogP contribution in [0.1, 0.15) is 59.6 Å². The predicted molar refractivity (Wildman–Crippen MR) is 123 cm³/mol. The molecular formula is C25H41N. The highest BCUT2D eigenvalue weighted by Gasteiger charge is 1.95. The SMILES string of the molecule is C=C/C(=C\C(C=C)=C(/C)N)C(=C)C.CC.CC.CCc1ccc(C)cc1. The van der Waals surface area contributed by atoms with Crippen LogP contribution in [0.15, 0.2) is 84.6 Å². The van der Waals surface area contributed by atoms with E-state index in [9.17, 15) is 0 Å². The number of rotatable bonds is 5. The Bertz CT molecular complexity index is 565. The Balaban J connectivity index is -0.000000353. The smallest absolute Gasteiger partial charge is 0.0122 e. The lowest BCUT2D eigenvalue weighted by molar-refractivity contribution is 1.14. The van der Waals surface area contributed by atoms with Gasteiger partial charge in [0.15, 0.2) is 0 Å². The van der Waals surface area contributed by atoms with E-state index in [1.807, 2.05) is 47.6 Å². The molecule has 0 saturated carbocycles. The first-order chi connectivity index (χ1) is 12.3. The van der Waals surface area contributed by atoms with E-state index in [4.69, 9.17) is 5.73 Å². The van der Waals surface area contributed by atoms with E-state index in [2.05, 4.69) is 57.8 Å². The molecule has 1 rings (SSSR count). The van der Waals surface area contributed by atoms with Gasteiger partial charge < -0.3 is 5.73 Å². The first kappa shape index (κ1) is 28.5. The summed E-state index contributed by atoms with van der Waals surface area (Å²) in [5, 5.41) is 0. The fourth-order valence-corrected chi connectivity index (χ4v) is 1.68. The lowest BCUT2D eigenvalue weighted by atomic mass is 10.0. The standard InChI is InChI=1S/C12H17N.C9H12.2C2H6/c1-6-11(9(3)4)8-12(7-2)10(5)13;1-3-9-6-4-8(2)5-7-9;2*1-2/h6-8H,1-3,13H2,4-5H3;4-7H,3H2,1-2H3;2*1-2H3/b11-8+,12-10+;;;. The maximum Gasteiger partial charge on any atom is 0.0122 e. The highest BCUT2D eigenvalue weighted by atomic mass is 14.6. The minimum atomic E-state index is 0.746. The first-order valence-corrected chi connectivity index (χ1v) is 9.50. The zero-order chi connectivity index (χ0) is 21.1. The van der Waals surface area contributed by atoms with Crippen LogP contribution in [-0.4, -0.2) is 0 Å². The monoisotopic (exact) mass is 355 g/mol. The number of hydrogen-bond acceptors (Lipinski definition) is 1. The molecule has 0 spiro atoms. The van der Waals surface area contributed by atoms with E-state index in [1.165, 1.54) is 11.1 Å². The molecule has 0 bridgehead atoms. The second-order valence-corrected chi connectivity index (χ2v) is 5.27. The Morgan fingerprint density at radius 3 is 1.69 bits per heavy atom. The third-order valence-electron chi connectivity index (χ3n) is 3.23. The molecule has 1 nitrogen and oxygen atoms in total. The summed E-state index contributed by atoms with van der Waals surface area (Å²) >= 11 is 0. The third kappa shape index (κ3) is 14.1. The van der Waals surface area contributed by atoms with Crippen molar-refractivity contribution in [3.05, 3.63) is 95.8 Å². The summed E-state index contributed by atoms with van der Waals surface area (Å²) < 4.78 is 0. The average molecular weight is 356 g/mol. The van der Waals surface area contributed by atoms with Crippen molar-refractivity contribution < 1.29 is 0 Å². The molecule has 0 aliphatic carbocycles. The fraction of sp³-hybridized carbons (Fsp3) is 0.360. The zero-order valence-electron chi connectivity index (χ0n) is 18.4. The summed E-state index contributed by atoms with van der Waals surface area (Å²) in [6, 6.07) is 8.66. The summed E-state index contributed by atoms with van der Waals surface area (Å²) in [6.45, 7) is 27.3. The molecule has 0 aromatic heterocycles. The van der Waals surface area contributed by atoms with E-state index < -0.39 is 0 Å². The molecular weight excluding hydrogens is 314 g/mol. The predicted octanol–water partition coefficient (Wildman–Crippen LogP) is 7.70. The molecule has 26 heavy (non-hydrogen) atoms. The van der Waals surface area contributed by atoms with Gasteiger partial charge in [0.25, 0.3) is 0 Å². The molecule has 1 aromatic rings. The van der Waals surface area contributed by atoms with Crippen LogP contribution < -0.4 is 5.73 Å². The van der Waals surface area contributed by atoms with Crippen molar-refractivity contribution in [3.8, 4) is 0 Å². The van der Waals surface area contributed by atoms with Crippen LogP contribution >= 0.6 is 0 Å². The number of hydrogen-bond donors (Lipinski definition) is 1. The van der Waals surface area contributed by atoms with Crippen LogP contribution in [0.4, 0.5) is 0 Å². The average Bonchev–Trinajstić information content (AvgIpc) is 2.66. The second kappa shape index (κ2) is 19.1. The molecule has 0 aliphatic heterocycles. The van der Waals surface area contributed by atoms with E-state index in [0.29, 0.717) is 0 Å². The lowest BCUT2D eigenvalue weighted by Crippen LogP contribution is -1.95. The van der Waals surface area contributed by atoms with Crippen molar-refractivity contribution in [2.75, 3.05) is 0 Å². The molecule has 0 aliphatic rings. The lowest BCUT2D eigenvalue weighted by Gasteiger charge is -2.02. The van der Waals surface area contributed by atoms with E-state index in [0.717, 1.165) is 28.8 Å². The molecule has 0 heterocycles. The van der Waals surface area contributed by atoms with Crippen molar-refractivity contribution >= 4 is 0 Å². The second-order valence-electron chi connectivity index (χ2n) is 5.27. The van der Waals surface area contributed by atoms with Gasteiger partial charge in [-0.3, -0.25) is 0 Å². The number of nitrogens with two attached hydrogens (primary N) is 1. The maximum absolute atomic E-state index is 5.65. The van der Waals surface area contributed by atoms with Gasteiger partial charge in [-0.2, -0.15) is 0 Å². The summed E-state index contributed by atoms with van der Waals surface area (Å²) in [4.78, 5) is 0. The van der Waals surface area contributed by atoms with Gasteiger partial charge in [-0.15, -0.1) is 0 Å². The van der Waals surface area contributed by atoms with E-state index in [1.54, 1.807) is 12.2 Å². The molecule has 0 saturated heterocycles. The van der Waals surface area contributed by atoms with Gasteiger partial charge in [0.05, 0.1) is 0 Å². The van der Waals surface area contributed by atoms with Crippen LogP contribution in [0.3, 0.4) is 0 Å². The number of benzene rings is 1. The van der Waals surface area contributed by atoms with E-state index >= 15 is 0 Å². The molecule has 0 amide bonds. The van der Waals surface area contributed by atoms with Crippen molar-refractivity contribution in [2.45, 2.75) is 61.8 Å². The Labute approximate surface area is 163 Å². The first-order valence-electron chi connectivity index (χ1n) is 9.50. The van der Waals surface area contributed by atoms with Gasteiger partial charge in [-0.25, -0.2) is 0 Å². The Morgan fingerprint density at radius 2 is 1.42 bits per heavy atom. The van der Waals surface area contributed by atoms with Crippen molar-refractivity contribution in [3.63, 3.8) is 0 Å². The minimum Gasteiger partial charge on any atom is -0.402 e. The van der Waals surface area contributed by atoms with Gasteiger partial charge in [0.1, 0.15) is 0 Å². The van der Waals surface area contributed by atoms with Gasteiger partial charge in [0, 0.05) is 5.70 Å². The number of allylic oxidation sites excluding steroid dienone is 7. The van der Waals surface area contributed by atoms with Crippen molar-refractivity contribution in [1.29, 1.82) is 0 Å². The van der Waals surface area contributed by atoms with Gasteiger partial charge in [-0.1, -0.05) is 102 Å². The van der Waals surface area contributed by atoms with Crippen LogP contribution in [0, 0.1) is 6.92 Å². The third-order valence-corrected chi connectivity index (χ3v) is 3.23. The van der Waals surface area contributed by atoms with Crippen LogP contribution in [0.25, 0.3) is 0 Å². The molecule has 0 fully saturated rings. The van der Waals surface area contributed by atoms with Crippen LogP contribution in [0.5, 0.6) is 0 Å². The summed E-state index contributed by atoms with van der Waals surface area (Å²) in [5.74, 6) is 0. The molecule has 146 valence electrons. The topological polar surface area (TPSA) is 26.0 Å². The summed E-state index contributed by atoms with van der Waals surface area (Å²) in [5.41, 5.74) is 12.0. The molecule has 1 aromatic carbocycles. The van der Waals surface area contributed by atoms with Gasteiger partial charge in [-0.05, 0) is 50.0 Å². The highest BCUT2D eigenvalue weighted by Crippen LogP contribution is 2.13. The largest absolute Gasteiger partial charge is 0.402 e. The normalized spacial score (nSPS) is 10.4. The van der Waals surface area contributed by atoms with Gasteiger partial charge >= 0.3 is 0 Å². The summed E-state index contributed by atoms with van der Waals surface area (Å²) in [7, 11) is 0. The fourth-order valence-electron chi connectivity index (χ4n) is 1.68. The zero-order valence-corrected chi connectivity index (χ0v) is 18.4. The molecule has 2 N–H and O–H groups in total. The molecule has 0 radical (unpaired) electrons. The maximum atomic E-state index is 5.65. The summed E-state index contributed by atoms with van der Waals surface area (Å²) in [6.07, 6.45) is 6.55.